The number of carbonyl (C=O) groups excluding carboxylic acids is 2. The number of carbonyl (C=O) groups is 2. The third kappa shape index (κ3) is 4.09. The first-order valence-electron chi connectivity index (χ1n) is 6.38. The van der Waals surface area contributed by atoms with Gasteiger partial charge in [-0.3, -0.25) is 14.6 Å². The molecule has 1 heterocycles. The molecule has 0 saturated heterocycles. The molecule has 2 N–H and O–H groups in total. The van der Waals surface area contributed by atoms with Crippen LogP contribution in [0.2, 0.25) is 0 Å². The van der Waals surface area contributed by atoms with E-state index in [1.54, 1.807) is 12.1 Å². The highest BCUT2D eigenvalue weighted by Gasteiger charge is 2.12. The quantitative estimate of drug-likeness (QED) is 0.880. The summed E-state index contributed by atoms with van der Waals surface area (Å²) in [7, 11) is 0. The average Bonchev–Trinajstić information content (AvgIpc) is 2.87. The van der Waals surface area contributed by atoms with Gasteiger partial charge in [0.15, 0.2) is 5.17 Å². The van der Waals surface area contributed by atoms with Crippen molar-refractivity contribution in [2.75, 3.05) is 18.8 Å². The van der Waals surface area contributed by atoms with Gasteiger partial charge in [-0.1, -0.05) is 29.0 Å². The van der Waals surface area contributed by atoms with E-state index < -0.39 is 0 Å². The molecule has 0 aliphatic carbocycles. The lowest BCUT2D eigenvalue weighted by atomic mass is 10.1. The number of thioether (sulfide) groups is 1. The Morgan fingerprint density at radius 3 is 2.55 bits per heavy atom. The second-order valence-electron chi connectivity index (χ2n) is 4.64. The number of nitrogens with one attached hydrogen (secondary N) is 2. The van der Waals surface area contributed by atoms with E-state index in [0.29, 0.717) is 10.7 Å². The molecule has 0 atom stereocenters. The maximum Gasteiger partial charge on any atom is 0.251 e. The molecule has 20 heavy (non-hydrogen) atoms. The van der Waals surface area contributed by atoms with Crippen molar-refractivity contribution in [1.82, 2.24) is 10.6 Å². The minimum Gasteiger partial charge on any atom is -0.343 e. The highest BCUT2D eigenvalue weighted by atomic mass is 32.2. The van der Waals surface area contributed by atoms with Gasteiger partial charge in [-0.25, -0.2) is 0 Å². The van der Waals surface area contributed by atoms with Gasteiger partial charge in [0, 0.05) is 11.3 Å². The first-order valence-corrected chi connectivity index (χ1v) is 7.37. The van der Waals surface area contributed by atoms with Gasteiger partial charge in [0.2, 0.25) is 5.91 Å². The summed E-state index contributed by atoms with van der Waals surface area (Å²) in [6.07, 6.45) is 0. The average molecular weight is 291 g/mol. The van der Waals surface area contributed by atoms with Crippen LogP contribution in [0.15, 0.2) is 23.2 Å². The second-order valence-corrected chi connectivity index (χ2v) is 5.73. The highest BCUT2D eigenvalue weighted by molar-refractivity contribution is 8.14. The van der Waals surface area contributed by atoms with Crippen LogP contribution in [0.25, 0.3) is 0 Å². The summed E-state index contributed by atoms with van der Waals surface area (Å²) >= 11 is 1.51. The SMILES string of the molecule is Cc1cc(C)cc(C(=O)NCC(=O)NC2=NCCS2)c1. The van der Waals surface area contributed by atoms with Crippen LogP contribution >= 0.6 is 11.8 Å². The molecule has 106 valence electrons. The first-order chi connectivity index (χ1) is 9.54. The molecule has 1 aliphatic heterocycles. The molecule has 0 radical (unpaired) electrons. The highest BCUT2D eigenvalue weighted by Crippen LogP contribution is 2.09. The van der Waals surface area contributed by atoms with Crippen LogP contribution in [-0.2, 0) is 4.79 Å². The number of amidine groups is 1. The number of amides is 2. The zero-order valence-electron chi connectivity index (χ0n) is 11.5. The second kappa shape index (κ2) is 6.56. The van der Waals surface area contributed by atoms with E-state index in [9.17, 15) is 9.59 Å². The Morgan fingerprint density at radius 2 is 1.95 bits per heavy atom. The standard InChI is InChI=1S/C14H17N3O2S/c1-9-5-10(2)7-11(6-9)13(19)16-8-12(18)17-14-15-3-4-20-14/h5-7H,3-4,8H2,1-2H3,(H,16,19)(H,15,17,18). The largest absolute Gasteiger partial charge is 0.343 e. The summed E-state index contributed by atoms with van der Waals surface area (Å²) in [5, 5.41) is 5.91. The summed E-state index contributed by atoms with van der Waals surface area (Å²) in [6.45, 7) is 4.55. The fourth-order valence-corrected chi connectivity index (χ4v) is 2.69. The summed E-state index contributed by atoms with van der Waals surface area (Å²) in [5.74, 6) is 0.397. The Labute approximate surface area is 122 Å². The summed E-state index contributed by atoms with van der Waals surface area (Å²) < 4.78 is 0. The molecule has 1 aromatic rings. The molecule has 0 unspecified atom stereocenters. The van der Waals surface area contributed by atoms with Crippen molar-refractivity contribution in [3.8, 4) is 0 Å². The van der Waals surface area contributed by atoms with E-state index in [-0.39, 0.29) is 18.4 Å². The normalized spacial score (nSPS) is 13.8. The van der Waals surface area contributed by atoms with Crippen LogP contribution in [-0.4, -0.2) is 35.8 Å². The number of benzene rings is 1. The molecule has 0 saturated carbocycles. The number of rotatable bonds is 3. The van der Waals surface area contributed by atoms with Crippen LogP contribution < -0.4 is 10.6 Å². The van der Waals surface area contributed by atoms with Crippen LogP contribution in [0, 0.1) is 13.8 Å². The van der Waals surface area contributed by atoms with Crippen molar-refractivity contribution in [3.05, 3.63) is 34.9 Å². The van der Waals surface area contributed by atoms with Crippen LogP contribution in [0.5, 0.6) is 0 Å². The molecule has 2 amide bonds. The van der Waals surface area contributed by atoms with Gasteiger partial charge in [0.1, 0.15) is 0 Å². The molecule has 1 aromatic carbocycles. The van der Waals surface area contributed by atoms with E-state index in [1.807, 2.05) is 19.9 Å². The molecule has 0 spiro atoms. The molecule has 1 aliphatic rings. The van der Waals surface area contributed by atoms with Crippen LogP contribution in [0.3, 0.4) is 0 Å². The molecule has 0 aromatic heterocycles. The maximum atomic E-state index is 12.0. The van der Waals surface area contributed by atoms with Crippen LogP contribution in [0.4, 0.5) is 0 Å². The Hall–Kier alpha value is -1.82. The zero-order chi connectivity index (χ0) is 14.5. The Morgan fingerprint density at radius 1 is 1.25 bits per heavy atom. The van der Waals surface area contributed by atoms with Gasteiger partial charge in [-0.05, 0) is 26.0 Å². The van der Waals surface area contributed by atoms with E-state index in [0.717, 1.165) is 23.4 Å². The smallest absolute Gasteiger partial charge is 0.251 e. The molecule has 0 bridgehead atoms. The number of aliphatic imine (C=N–C) groups is 1. The third-order valence-electron chi connectivity index (χ3n) is 2.73. The molecular formula is C14H17N3O2S. The predicted octanol–water partition coefficient (Wildman–Crippen LogP) is 1.25. The van der Waals surface area contributed by atoms with Crippen molar-refractivity contribution in [3.63, 3.8) is 0 Å². The number of hydrogen-bond donors (Lipinski definition) is 2. The van der Waals surface area contributed by atoms with Crippen LogP contribution in [0.1, 0.15) is 21.5 Å². The van der Waals surface area contributed by atoms with Crippen molar-refractivity contribution in [2.24, 2.45) is 4.99 Å². The third-order valence-corrected chi connectivity index (χ3v) is 3.62. The van der Waals surface area contributed by atoms with Crippen molar-refractivity contribution in [2.45, 2.75) is 13.8 Å². The van der Waals surface area contributed by atoms with Gasteiger partial charge < -0.3 is 10.6 Å². The Balaban J connectivity index is 1.86. The van der Waals surface area contributed by atoms with Gasteiger partial charge in [-0.2, -0.15) is 0 Å². The fourth-order valence-electron chi connectivity index (χ4n) is 1.94. The minimum atomic E-state index is -0.254. The monoisotopic (exact) mass is 291 g/mol. The lowest BCUT2D eigenvalue weighted by Crippen LogP contribution is -2.38. The molecular weight excluding hydrogens is 274 g/mol. The van der Waals surface area contributed by atoms with Gasteiger partial charge in [0.25, 0.3) is 5.91 Å². The lowest BCUT2D eigenvalue weighted by Gasteiger charge is -2.07. The summed E-state index contributed by atoms with van der Waals surface area (Å²) in [5.41, 5.74) is 2.62. The first kappa shape index (κ1) is 14.6. The van der Waals surface area contributed by atoms with Crippen molar-refractivity contribution < 1.29 is 9.59 Å². The number of aryl methyl sites for hydroxylation is 2. The summed E-state index contributed by atoms with van der Waals surface area (Å²) in [4.78, 5) is 27.7. The predicted molar refractivity (Wildman–Crippen MR) is 81.2 cm³/mol. The summed E-state index contributed by atoms with van der Waals surface area (Å²) in [6, 6.07) is 5.60. The van der Waals surface area contributed by atoms with E-state index >= 15 is 0 Å². The topological polar surface area (TPSA) is 70.6 Å². The van der Waals surface area contributed by atoms with Gasteiger partial charge in [0.05, 0.1) is 13.1 Å². The van der Waals surface area contributed by atoms with Crippen molar-refractivity contribution >= 4 is 28.7 Å². The Kier molecular flexibility index (Phi) is 4.79. The number of hydrogen-bond acceptors (Lipinski definition) is 4. The van der Waals surface area contributed by atoms with Gasteiger partial charge in [-0.15, -0.1) is 0 Å². The van der Waals surface area contributed by atoms with E-state index in [2.05, 4.69) is 15.6 Å². The molecule has 2 rings (SSSR count). The van der Waals surface area contributed by atoms with E-state index in [4.69, 9.17) is 0 Å². The Bertz CT molecular complexity index is 549. The zero-order valence-corrected chi connectivity index (χ0v) is 12.3. The number of nitrogens with zero attached hydrogens (tertiary/aromatic N) is 1. The van der Waals surface area contributed by atoms with E-state index in [1.165, 1.54) is 11.8 Å². The fraction of sp³-hybridized carbons (Fsp3) is 0.357. The molecule has 0 fully saturated rings. The molecule has 6 heteroatoms. The lowest BCUT2D eigenvalue weighted by molar-refractivity contribution is -0.118. The minimum absolute atomic E-state index is 0.0502. The molecule has 5 nitrogen and oxygen atoms in total. The maximum absolute atomic E-state index is 12.0. The van der Waals surface area contributed by atoms with Gasteiger partial charge >= 0.3 is 0 Å². The van der Waals surface area contributed by atoms with Crippen molar-refractivity contribution in [1.29, 1.82) is 0 Å².